The highest BCUT2D eigenvalue weighted by Crippen LogP contribution is 2.22. The molecule has 1 aromatic carbocycles. The molecule has 0 spiro atoms. The fourth-order valence-electron chi connectivity index (χ4n) is 1.86. The van der Waals surface area contributed by atoms with Crippen LogP contribution in [0.4, 0.5) is 9.52 Å². The topological polar surface area (TPSA) is 72.7 Å². The number of nitrogens with one attached hydrogen (secondary N) is 1. The van der Waals surface area contributed by atoms with Gasteiger partial charge in [-0.15, -0.1) is 10.2 Å². The van der Waals surface area contributed by atoms with Gasteiger partial charge in [-0.05, 0) is 30.3 Å². The van der Waals surface area contributed by atoms with E-state index >= 15 is 0 Å². The van der Waals surface area contributed by atoms with Gasteiger partial charge in [0, 0.05) is 12.1 Å². The van der Waals surface area contributed by atoms with Crippen molar-refractivity contribution in [1.82, 2.24) is 20.0 Å². The SMILES string of the molecule is CC(C)c1nnc(NC(=O)c2ccn(-c3ccc(F)cc3)n2)s1. The summed E-state index contributed by atoms with van der Waals surface area (Å²) in [6, 6.07) is 7.44. The molecule has 1 N–H and O–H groups in total. The molecule has 0 saturated heterocycles. The van der Waals surface area contributed by atoms with Crippen molar-refractivity contribution in [2.24, 2.45) is 0 Å². The molecular formula is C15H14FN5OS. The zero-order chi connectivity index (χ0) is 16.4. The summed E-state index contributed by atoms with van der Waals surface area (Å²) in [6.45, 7) is 4.02. The van der Waals surface area contributed by atoms with Crippen LogP contribution in [0.3, 0.4) is 0 Å². The third-order valence-electron chi connectivity index (χ3n) is 3.07. The van der Waals surface area contributed by atoms with Crippen LogP contribution in [0.25, 0.3) is 5.69 Å². The zero-order valence-corrected chi connectivity index (χ0v) is 13.3. The number of halogens is 1. The first kappa shape index (κ1) is 15.3. The molecule has 8 heteroatoms. The second-order valence-electron chi connectivity index (χ2n) is 5.18. The van der Waals surface area contributed by atoms with Crippen LogP contribution in [-0.2, 0) is 0 Å². The highest BCUT2D eigenvalue weighted by Gasteiger charge is 2.14. The summed E-state index contributed by atoms with van der Waals surface area (Å²) in [5.74, 6) is -0.427. The number of benzene rings is 1. The number of hydrogen-bond donors (Lipinski definition) is 1. The van der Waals surface area contributed by atoms with E-state index in [9.17, 15) is 9.18 Å². The van der Waals surface area contributed by atoms with Crippen molar-refractivity contribution in [2.75, 3.05) is 5.32 Å². The van der Waals surface area contributed by atoms with Crippen LogP contribution in [-0.4, -0.2) is 25.9 Å². The molecule has 1 amide bonds. The molecule has 0 unspecified atom stereocenters. The molecule has 0 aliphatic heterocycles. The van der Waals surface area contributed by atoms with Crippen LogP contribution in [0.2, 0.25) is 0 Å². The Labute approximate surface area is 136 Å². The van der Waals surface area contributed by atoms with Crippen LogP contribution < -0.4 is 5.32 Å². The van der Waals surface area contributed by atoms with Gasteiger partial charge < -0.3 is 0 Å². The van der Waals surface area contributed by atoms with E-state index < -0.39 is 0 Å². The molecular weight excluding hydrogens is 317 g/mol. The van der Waals surface area contributed by atoms with E-state index in [1.54, 1.807) is 24.4 Å². The van der Waals surface area contributed by atoms with Crippen molar-refractivity contribution in [3.8, 4) is 5.69 Å². The smallest absolute Gasteiger partial charge is 0.277 e. The third-order valence-corrected chi connectivity index (χ3v) is 4.21. The Morgan fingerprint density at radius 1 is 1.22 bits per heavy atom. The number of carbonyl (C=O) groups is 1. The van der Waals surface area contributed by atoms with Crippen molar-refractivity contribution in [3.63, 3.8) is 0 Å². The average molecular weight is 331 g/mol. The van der Waals surface area contributed by atoms with Crippen molar-refractivity contribution in [3.05, 3.63) is 53.0 Å². The highest BCUT2D eigenvalue weighted by atomic mass is 32.1. The first-order chi connectivity index (χ1) is 11.0. The molecule has 0 atom stereocenters. The lowest BCUT2D eigenvalue weighted by molar-refractivity contribution is 0.102. The summed E-state index contributed by atoms with van der Waals surface area (Å²) in [4.78, 5) is 12.2. The Bertz CT molecular complexity index is 825. The van der Waals surface area contributed by atoms with Gasteiger partial charge in [-0.25, -0.2) is 9.07 Å². The molecule has 0 radical (unpaired) electrons. The molecule has 0 bridgehead atoms. The Morgan fingerprint density at radius 2 is 1.96 bits per heavy atom. The van der Waals surface area contributed by atoms with Crippen molar-refractivity contribution in [2.45, 2.75) is 19.8 Å². The van der Waals surface area contributed by atoms with Crippen LogP contribution in [0, 0.1) is 5.82 Å². The standard InChI is InChI=1S/C15H14FN5OS/c1-9(2)14-18-19-15(23-14)17-13(22)12-7-8-21(20-12)11-5-3-10(16)4-6-11/h3-9H,1-2H3,(H,17,19,22). The molecule has 0 fully saturated rings. The maximum atomic E-state index is 12.9. The monoisotopic (exact) mass is 331 g/mol. The predicted molar refractivity (Wildman–Crippen MR) is 85.5 cm³/mol. The van der Waals surface area contributed by atoms with Gasteiger partial charge in [0.2, 0.25) is 5.13 Å². The Kier molecular flexibility index (Phi) is 4.16. The normalized spacial score (nSPS) is 11.0. The molecule has 6 nitrogen and oxygen atoms in total. The summed E-state index contributed by atoms with van der Waals surface area (Å²) in [6.07, 6.45) is 1.64. The van der Waals surface area contributed by atoms with Gasteiger partial charge in [0.1, 0.15) is 10.8 Å². The minimum atomic E-state index is -0.364. The highest BCUT2D eigenvalue weighted by molar-refractivity contribution is 7.15. The van der Waals surface area contributed by atoms with Crippen LogP contribution in [0.15, 0.2) is 36.5 Å². The second kappa shape index (κ2) is 6.25. The maximum absolute atomic E-state index is 12.9. The van der Waals surface area contributed by atoms with Crippen LogP contribution in [0.5, 0.6) is 0 Å². The van der Waals surface area contributed by atoms with Gasteiger partial charge >= 0.3 is 0 Å². The predicted octanol–water partition coefficient (Wildman–Crippen LogP) is 3.24. The van der Waals surface area contributed by atoms with Crippen molar-refractivity contribution in [1.29, 1.82) is 0 Å². The van der Waals surface area contributed by atoms with Crippen LogP contribution >= 0.6 is 11.3 Å². The molecule has 0 saturated carbocycles. The van der Waals surface area contributed by atoms with Crippen molar-refractivity contribution >= 4 is 22.4 Å². The van der Waals surface area contributed by atoms with Gasteiger partial charge in [0.25, 0.3) is 5.91 Å². The van der Waals surface area contributed by atoms with Gasteiger partial charge in [-0.1, -0.05) is 25.2 Å². The lowest BCUT2D eigenvalue weighted by atomic mass is 10.2. The molecule has 2 aromatic heterocycles. The number of aromatic nitrogens is 4. The summed E-state index contributed by atoms with van der Waals surface area (Å²) in [7, 11) is 0. The van der Waals surface area contributed by atoms with Gasteiger partial charge in [-0.3, -0.25) is 10.1 Å². The summed E-state index contributed by atoms with van der Waals surface area (Å²) < 4.78 is 14.4. The number of anilines is 1. The largest absolute Gasteiger partial charge is 0.295 e. The lowest BCUT2D eigenvalue weighted by Gasteiger charge is -2.00. The van der Waals surface area contributed by atoms with Gasteiger partial charge in [0.15, 0.2) is 5.69 Å². The Balaban J connectivity index is 1.74. The molecule has 0 aliphatic carbocycles. The number of amides is 1. The third kappa shape index (κ3) is 3.42. The Morgan fingerprint density at radius 3 is 2.61 bits per heavy atom. The van der Waals surface area contributed by atoms with Crippen LogP contribution in [0.1, 0.15) is 35.3 Å². The zero-order valence-electron chi connectivity index (χ0n) is 12.5. The molecule has 2 heterocycles. The number of nitrogens with zero attached hydrogens (tertiary/aromatic N) is 4. The average Bonchev–Trinajstić information content (AvgIpc) is 3.17. The fraction of sp³-hybridized carbons (Fsp3) is 0.200. The first-order valence-corrected chi connectivity index (χ1v) is 7.81. The van der Waals surface area contributed by atoms with E-state index in [4.69, 9.17) is 0 Å². The summed E-state index contributed by atoms with van der Waals surface area (Å²) >= 11 is 1.34. The molecule has 3 aromatic rings. The molecule has 118 valence electrons. The lowest BCUT2D eigenvalue weighted by Crippen LogP contribution is -2.13. The number of hydrogen-bond acceptors (Lipinski definition) is 5. The maximum Gasteiger partial charge on any atom is 0.277 e. The Hall–Kier alpha value is -2.61. The van der Waals surface area contributed by atoms with Crippen molar-refractivity contribution < 1.29 is 9.18 Å². The summed E-state index contributed by atoms with van der Waals surface area (Å²) in [5.41, 5.74) is 0.916. The van der Waals surface area contributed by atoms with E-state index in [0.717, 1.165) is 5.01 Å². The molecule has 0 aliphatic rings. The van der Waals surface area contributed by atoms with E-state index in [1.807, 2.05) is 13.8 Å². The van der Waals surface area contributed by atoms with Gasteiger partial charge in [-0.2, -0.15) is 5.10 Å². The minimum Gasteiger partial charge on any atom is -0.295 e. The van der Waals surface area contributed by atoms with E-state index in [2.05, 4.69) is 20.6 Å². The van der Waals surface area contributed by atoms with E-state index in [0.29, 0.717) is 10.8 Å². The molecule has 23 heavy (non-hydrogen) atoms. The summed E-state index contributed by atoms with van der Waals surface area (Å²) in [5, 5.41) is 16.1. The van der Waals surface area contributed by atoms with Gasteiger partial charge in [0.05, 0.1) is 5.69 Å². The quantitative estimate of drug-likeness (QED) is 0.796. The minimum absolute atomic E-state index is 0.246. The fourth-order valence-corrected chi connectivity index (χ4v) is 2.60. The molecule has 3 rings (SSSR count). The van der Waals surface area contributed by atoms with E-state index in [-0.39, 0.29) is 23.3 Å². The second-order valence-corrected chi connectivity index (χ2v) is 6.19. The first-order valence-electron chi connectivity index (χ1n) is 6.99. The number of carbonyl (C=O) groups excluding carboxylic acids is 1. The van der Waals surface area contributed by atoms with E-state index in [1.165, 1.54) is 28.2 Å². The number of rotatable bonds is 4.